The van der Waals surface area contributed by atoms with Gasteiger partial charge < -0.3 is 19.7 Å². The van der Waals surface area contributed by atoms with Gasteiger partial charge in [0.05, 0.1) is 13.2 Å². The predicted octanol–water partition coefficient (Wildman–Crippen LogP) is 2.74. The Morgan fingerprint density at radius 1 is 0.542 bits per heavy atom. The number of hydrogen-bond acceptors (Lipinski definition) is 6. The van der Waals surface area contributed by atoms with E-state index in [0.29, 0.717) is 26.1 Å². The molecule has 0 heterocycles. The Morgan fingerprint density at radius 2 is 0.917 bits per heavy atom. The van der Waals surface area contributed by atoms with Crippen LogP contribution in [0.15, 0.2) is 0 Å². The van der Waals surface area contributed by atoms with Crippen molar-refractivity contribution in [2.75, 3.05) is 26.4 Å². The van der Waals surface area contributed by atoms with Crippen LogP contribution in [0.25, 0.3) is 0 Å². The van der Waals surface area contributed by atoms with E-state index in [0.717, 1.165) is 64.2 Å². The van der Waals surface area contributed by atoms with Crippen molar-refractivity contribution < 1.29 is 29.3 Å². The van der Waals surface area contributed by atoms with Crippen molar-refractivity contribution in [2.24, 2.45) is 0 Å². The lowest BCUT2D eigenvalue weighted by Gasteiger charge is -2.06. The molecule has 0 aromatic rings. The minimum atomic E-state index is -0.164. The maximum atomic E-state index is 11.4. The van der Waals surface area contributed by atoms with Gasteiger partial charge in [0.15, 0.2) is 0 Å². The van der Waals surface area contributed by atoms with E-state index in [1.165, 1.54) is 0 Å². The van der Waals surface area contributed by atoms with Crippen LogP contribution in [0.4, 0.5) is 0 Å². The highest BCUT2D eigenvalue weighted by Crippen LogP contribution is 2.05. The normalized spacial score (nSPS) is 10.6. The van der Waals surface area contributed by atoms with E-state index in [4.69, 9.17) is 19.7 Å². The quantitative estimate of drug-likeness (QED) is 0.311. The van der Waals surface area contributed by atoms with Gasteiger partial charge >= 0.3 is 11.9 Å². The molecule has 6 nitrogen and oxygen atoms in total. The van der Waals surface area contributed by atoms with Gasteiger partial charge in [0.1, 0.15) is 0 Å². The summed E-state index contributed by atoms with van der Waals surface area (Å²) in [5.41, 5.74) is 0. The van der Waals surface area contributed by atoms with Crippen molar-refractivity contribution in [1.82, 2.24) is 0 Å². The number of esters is 2. The van der Waals surface area contributed by atoms with Crippen LogP contribution < -0.4 is 0 Å². The van der Waals surface area contributed by atoms with E-state index in [2.05, 4.69) is 0 Å². The van der Waals surface area contributed by atoms with Crippen LogP contribution >= 0.6 is 0 Å². The Bertz CT molecular complexity index is 276. The SMILES string of the molecule is O=C(CCCCCO)OCCCCCCOC(=O)CCCCCO. The van der Waals surface area contributed by atoms with E-state index in [1.807, 2.05) is 0 Å². The fourth-order valence-corrected chi connectivity index (χ4v) is 2.19. The molecule has 0 aromatic carbocycles. The summed E-state index contributed by atoms with van der Waals surface area (Å²) in [5.74, 6) is -0.328. The van der Waals surface area contributed by atoms with Crippen molar-refractivity contribution in [3.8, 4) is 0 Å². The highest BCUT2D eigenvalue weighted by molar-refractivity contribution is 5.69. The molecule has 0 spiro atoms. The van der Waals surface area contributed by atoms with E-state index < -0.39 is 0 Å². The minimum absolute atomic E-state index is 0.164. The number of carbonyl (C=O) groups excluding carboxylic acids is 2. The molecule has 2 N–H and O–H groups in total. The molecule has 0 bridgehead atoms. The van der Waals surface area contributed by atoms with E-state index in [1.54, 1.807) is 0 Å². The predicted molar refractivity (Wildman–Crippen MR) is 91.5 cm³/mol. The van der Waals surface area contributed by atoms with Crippen LogP contribution in [0.1, 0.15) is 77.0 Å². The summed E-state index contributed by atoms with van der Waals surface area (Å²) < 4.78 is 10.3. The summed E-state index contributed by atoms with van der Waals surface area (Å²) >= 11 is 0. The largest absolute Gasteiger partial charge is 0.466 e. The lowest BCUT2D eigenvalue weighted by Crippen LogP contribution is -2.07. The zero-order chi connectivity index (χ0) is 17.9. The van der Waals surface area contributed by atoms with Crippen LogP contribution in [0.5, 0.6) is 0 Å². The molecule has 0 rings (SSSR count). The second kappa shape index (κ2) is 18.2. The number of unbranched alkanes of at least 4 members (excludes halogenated alkanes) is 7. The first-order chi connectivity index (χ1) is 11.7. The van der Waals surface area contributed by atoms with E-state index in [9.17, 15) is 9.59 Å². The van der Waals surface area contributed by atoms with Crippen LogP contribution in [0.3, 0.4) is 0 Å². The molecule has 0 aromatic heterocycles. The molecule has 0 saturated carbocycles. The summed E-state index contributed by atoms with van der Waals surface area (Å²) in [4.78, 5) is 22.8. The highest BCUT2D eigenvalue weighted by Gasteiger charge is 2.03. The van der Waals surface area contributed by atoms with E-state index in [-0.39, 0.29) is 25.2 Å². The number of aliphatic hydroxyl groups excluding tert-OH is 2. The molecule has 0 aliphatic rings. The fraction of sp³-hybridized carbons (Fsp3) is 0.889. The van der Waals surface area contributed by atoms with Gasteiger partial charge in [-0.1, -0.05) is 12.8 Å². The third-order valence-corrected chi connectivity index (χ3v) is 3.64. The third-order valence-electron chi connectivity index (χ3n) is 3.64. The molecule has 6 heteroatoms. The number of hydrogen-bond donors (Lipinski definition) is 2. The molecule has 0 radical (unpaired) electrons. The van der Waals surface area contributed by atoms with Crippen molar-refractivity contribution in [2.45, 2.75) is 77.0 Å². The standard InChI is InChI=1S/C18H34O6/c19-13-7-3-5-11-17(21)23-15-9-1-2-10-16-24-18(22)12-6-4-8-14-20/h19-20H,1-16H2. The second-order valence-corrected chi connectivity index (χ2v) is 5.92. The number of aliphatic hydroxyl groups is 2. The molecule has 0 aliphatic carbocycles. The Hall–Kier alpha value is -1.14. The van der Waals surface area contributed by atoms with Crippen LogP contribution in [-0.4, -0.2) is 48.6 Å². The first kappa shape index (κ1) is 22.9. The summed E-state index contributed by atoms with van der Waals surface area (Å²) in [6.07, 6.45) is 9.13. The molecule has 24 heavy (non-hydrogen) atoms. The number of carbonyl (C=O) groups is 2. The lowest BCUT2D eigenvalue weighted by atomic mass is 10.2. The molecular weight excluding hydrogens is 312 g/mol. The molecule has 0 unspecified atom stereocenters. The van der Waals surface area contributed by atoms with Gasteiger partial charge in [0.2, 0.25) is 0 Å². The van der Waals surface area contributed by atoms with E-state index >= 15 is 0 Å². The summed E-state index contributed by atoms with van der Waals surface area (Å²) in [6, 6.07) is 0. The number of ether oxygens (including phenoxy) is 2. The first-order valence-corrected chi connectivity index (χ1v) is 9.23. The van der Waals surface area contributed by atoms with Gasteiger partial charge in [-0.05, 0) is 51.4 Å². The second-order valence-electron chi connectivity index (χ2n) is 5.92. The zero-order valence-corrected chi connectivity index (χ0v) is 14.8. The van der Waals surface area contributed by atoms with Gasteiger partial charge in [-0.3, -0.25) is 9.59 Å². The smallest absolute Gasteiger partial charge is 0.305 e. The Labute approximate surface area is 145 Å². The van der Waals surface area contributed by atoms with Crippen molar-refractivity contribution in [3.05, 3.63) is 0 Å². The Kier molecular flexibility index (Phi) is 17.3. The molecule has 0 atom stereocenters. The molecular formula is C18H34O6. The average Bonchev–Trinajstić information content (AvgIpc) is 2.58. The Morgan fingerprint density at radius 3 is 1.29 bits per heavy atom. The van der Waals surface area contributed by atoms with Crippen molar-refractivity contribution in [1.29, 1.82) is 0 Å². The zero-order valence-electron chi connectivity index (χ0n) is 14.8. The van der Waals surface area contributed by atoms with Crippen molar-refractivity contribution >= 4 is 11.9 Å². The van der Waals surface area contributed by atoms with Crippen LogP contribution in [0.2, 0.25) is 0 Å². The van der Waals surface area contributed by atoms with Crippen LogP contribution in [-0.2, 0) is 19.1 Å². The molecule has 0 saturated heterocycles. The Balaban J connectivity index is 3.24. The van der Waals surface area contributed by atoms with Gasteiger partial charge in [-0.15, -0.1) is 0 Å². The van der Waals surface area contributed by atoms with Gasteiger partial charge in [0.25, 0.3) is 0 Å². The topological polar surface area (TPSA) is 93.1 Å². The number of rotatable bonds is 17. The fourth-order valence-electron chi connectivity index (χ4n) is 2.19. The molecule has 0 fully saturated rings. The molecule has 0 amide bonds. The summed E-state index contributed by atoms with van der Waals surface area (Å²) in [6.45, 7) is 1.25. The molecule has 0 aliphatic heterocycles. The maximum Gasteiger partial charge on any atom is 0.305 e. The summed E-state index contributed by atoms with van der Waals surface area (Å²) in [7, 11) is 0. The van der Waals surface area contributed by atoms with Gasteiger partial charge in [-0.25, -0.2) is 0 Å². The lowest BCUT2D eigenvalue weighted by molar-refractivity contribution is -0.145. The highest BCUT2D eigenvalue weighted by atomic mass is 16.5. The maximum absolute atomic E-state index is 11.4. The van der Waals surface area contributed by atoms with Crippen molar-refractivity contribution in [3.63, 3.8) is 0 Å². The van der Waals surface area contributed by atoms with Gasteiger partial charge in [-0.2, -0.15) is 0 Å². The summed E-state index contributed by atoms with van der Waals surface area (Å²) in [5, 5.41) is 17.3. The van der Waals surface area contributed by atoms with Crippen LogP contribution in [0, 0.1) is 0 Å². The first-order valence-electron chi connectivity index (χ1n) is 9.23. The average molecular weight is 346 g/mol. The third kappa shape index (κ3) is 17.2. The monoisotopic (exact) mass is 346 g/mol. The van der Waals surface area contributed by atoms with Gasteiger partial charge in [0, 0.05) is 26.1 Å². The molecule has 142 valence electrons. The minimum Gasteiger partial charge on any atom is -0.466 e.